The zero-order chi connectivity index (χ0) is 15.0. The van der Waals surface area contributed by atoms with Crippen molar-refractivity contribution in [2.75, 3.05) is 25.5 Å². The fourth-order valence-corrected chi connectivity index (χ4v) is 3.46. The lowest BCUT2D eigenvalue weighted by molar-refractivity contribution is 0.0326. The first-order valence-electron chi connectivity index (χ1n) is 7.47. The Morgan fingerprint density at radius 1 is 1.33 bits per heavy atom. The minimum absolute atomic E-state index is 0.0768. The molecule has 1 aromatic carbocycles. The Labute approximate surface area is 124 Å². The lowest BCUT2D eigenvalue weighted by Gasteiger charge is -2.35. The Morgan fingerprint density at radius 2 is 2.00 bits per heavy atom. The van der Waals surface area contributed by atoms with Crippen LogP contribution in [0, 0.1) is 18.8 Å². The minimum Gasteiger partial charge on any atom is -0.497 e. The zero-order valence-electron chi connectivity index (χ0n) is 12.5. The topological polar surface area (TPSA) is 61.8 Å². The van der Waals surface area contributed by atoms with Crippen LogP contribution in [-0.4, -0.2) is 42.3 Å². The van der Waals surface area contributed by atoms with Crippen molar-refractivity contribution < 1.29 is 14.6 Å². The Balaban J connectivity index is 1.67. The van der Waals surface area contributed by atoms with E-state index in [1.807, 2.05) is 30.0 Å². The van der Waals surface area contributed by atoms with Crippen LogP contribution in [0.5, 0.6) is 5.75 Å². The van der Waals surface area contributed by atoms with E-state index in [4.69, 9.17) is 4.74 Å². The van der Waals surface area contributed by atoms with Gasteiger partial charge in [0, 0.05) is 30.6 Å². The monoisotopic (exact) mass is 290 g/mol. The van der Waals surface area contributed by atoms with Crippen LogP contribution in [0.1, 0.15) is 18.4 Å². The number of rotatable bonds is 2. The van der Waals surface area contributed by atoms with Crippen LogP contribution in [-0.2, 0) is 0 Å². The Bertz CT molecular complexity index is 532. The highest BCUT2D eigenvalue weighted by molar-refractivity contribution is 5.90. The number of carbonyl (C=O) groups excluding carboxylic acids is 1. The molecular formula is C16H22N2O3. The van der Waals surface area contributed by atoms with Crippen molar-refractivity contribution in [3.05, 3.63) is 23.8 Å². The Morgan fingerprint density at radius 3 is 2.57 bits per heavy atom. The minimum atomic E-state index is -0.225. The number of hydrogen-bond donors (Lipinski definition) is 2. The molecule has 2 bridgehead atoms. The number of ether oxygens (including phenoxy) is 1. The number of benzene rings is 1. The van der Waals surface area contributed by atoms with Crippen molar-refractivity contribution in [3.63, 3.8) is 0 Å². The fraction of sp³-hybridized carbons (Fsp3) is 0.562. The summed E-state index contributed by atoms with van der Waals surface area (Å²) in [6, 6.07) is 5.53. The average Bonchev–Trinajstić information content (AvgIpc) is 2.70. The highest BCUT2D eigenvalue weighted by Crippen LogP contribution is 2.37. The van der Waals surface area contributed by atoms with Gasteiger partial charge in [0.1, 0.15) is 5.75 Å². The molecule has 1 saturated carbocycles. The van der Waals surface area contributed by atoms with Crippen molar-refractivity contribution in [2.45, 2.75) is 25.9 Å². The van der Waals surface area contributed by atoms with Crippen molar-refractivity contribution in [2.24, 2.45) is 11.8 Å². The SMILES string of the molecule is COc1ccc(NC(=O)N2C[C@H]3CC[C@@H](C2)C3O)c(C)c1. The summed E-state index contributed by atoms with van der Waals surface area (Å²) in [5, 5.41) is 13.0. The number of anilines is 1. The Hall–Kier alpha value is -1.75. The lowest BCUT2D eigenvalue weighted by Crippen LogP contribution is -2.48. The average molecular weight is 290 g/mol. The molecule has 21 heavy (non-hydrogen) atoms. The van der Waals surface area contributed by atoms with Crippen molar-refractivity contribution >= 4 is 11.7 Å². The third-order valence-corrected chi connectivity index (χ3v) is 4.75. The highest BCUT2D eigenvalue weighted by Gasteiger charge is 2.42. The van der Waals surface area contributed by atoms with E-state index in [0.29, 0.717) is 13.1 Å². The molecule has 1 aliphatic heterocycles. The smallest absolute Gasteiger partial charge is 0.321 e. The summed E-state index contributed by atoms with van der Waals surface area (Å²) in [4.78, 5) is 14.2. The molecule has 3 rings (SSSR count). The standard InChI is InChI=1S/C16H22N2O3/c1-10-7-13(21-2)5-6-14(10)17-16(20)18-8-11-3-4-12(9-18)15(11)19/h5-7,11-12,15,19H,3-4,8-9H2,1-2H3,(H,17,20)/t11-,12+,15?. The van der Waals surface area contributed by atoms with E-state index in [9.17, 15) is 9.90 Å². The second-order valence-corrected chi connectivity index (χ2v) is 6.10. The predicted molar refractivity (Wildman–Crippen MR) is 80.5 cm³/mol. The number of methoxy groups -OCH3 is 1. The number of hydrogen-bond acceptors (Lipinski definition) is 3. The van der Waals surface area contributed by atoms with Gasteiger partial charge in [-0.15, -0.1) is 0 Å². The van der Waals surface area contributed by atoms with E-state index in [1.54, 1.807) is 7.11 Å². The number of carbonyl (C=O) groups is 1. The third kappa shape index (κ3) is 2.70. The van der Waals surface area contributed by atoms with Crippen LogP contribution in [0.4, 0.5) is 10.5 Å². The van der Waals surface area contributed by atoms with Crippen molar-refractivity contribution in [3.8, 4) is 5.75 Å². The summed E-state index contributed by atoms with van der Waals surface area (Å²) in [7, 11) is 1.63. The molecule has 0 radical (unpaired) electrons. The van der Waals surface area contributed by atoms with Crippen LogP contribution in [0.3, 0.4) is 0 Å². The summed E-state index contributed by atoms with van der Waals surface area (Å²) < 4.78 is 5.17. The molecule has 1 aromatic rings. The van der Waals surface area contributed by atoms with Gasteiger partial charge in [-0.3, -0.25) is 0 Å². The number of nitrogens with zero attached hydrogens (tertiary/aromatic N) is 1. The van der Waals surface area contributed by atoms with Crippen LogP contribution >= 0.6 is 0 Å². The normalized spacial score (nSPS) is 27.6. The van der Waals surface area contributed by atoms with Crippen LogP contribution < -0.4 is 10.1 Å². The van der Waals surface area contributed by atoms with Crippen LogP contribution in [0.15, 0.2) is 18.2 Å². The molecule has 3 atom stereocenters. The van der Waals surface area contributed by atoms with Crippen LogP contribution in [0.2, 0.25) is 0 Å². The van der Waals surface area contributed by atoms with Gasteiger partial charge < -0.3 is 20.1 Å². The second kappa shape index (κ2) is 5.56. The number of aryl methyl sites for hydroxylation is 1. The molecule has 1 heterocycles. The summed E-state index contributed by atoms with van der Waals surface area (Å²) >= 11 is 0. The van der Waals surface area contributed by atoms with E-state index in [1.165, 1.54) is 0 Å². The number of urea groups is 1. The maximum absolute atomic E-state index is 12.4. The lowest BCUT2D eigenvalue weighted by atomic mass is 9.95. The third-order valence-electron chi connectivity index (χ3n) is 4.75. The van der Waals surface area contributed by atoms with Crippen LogP contribution in [0.25, 0.3) is 0 Å². The second-order valence-electron chi connectivity index (χ2n) is 6.10. The van der Waals surface area contributed by atoms with E-state index < -0.39 is 0 Å². The molecule has 1 unspecified atom stereocenters. The number of fused-ring (bicyclic) bond motifs is 2. The largest absolute Gasteiger partial charge is 0.497 e. The van der Waals surface area contributed by atoms with E-state index in [-0.39, 0.29) is 24.0 Å². The molecule has 2 fully saturated rings. The Kier molecular flexibility index (Phi) is 3.76. The van der Waals surface area contributed by atoms with Gasteiger partial charge in [0.15, 0.2) is 0 Å². The summed E-state index contributed by atoms with van der Waals surface area (Å²) in [5.74, 6) is 1.27. The molecule has 1 saturated heterocycles. The maximum atomic E-state index is 12.4. The van der Waals surface area contributed by atoms with Gasteiger partial charge in [0.05, 0.1) is 13.2 Å². The molecule has 2 amide bonds. The van der Waals surface area contributed by atoms with Gasteiger partial charge in [-0.1, -0.05) is 0 Å². The van der Waals surface area contributed by atoms with E-state index >= 15 is 0 Å². The number of aliphatic hydroxyl groups excluding tert-OH is 1. The molecule has 5 nitrogen and oxygen atoms in total. The van der Waals surface area contributed by atoms with Gasteiger partial charge in [0.25, 0.3) is 0 Å². The van der Waals surface area contributed by atoms with Gasteiger partial charge in [0.2, 0.25) is 0 Å². The number of likely N-dealkylation sites (tertiary alicyclic amines) is 1. The summed E-state index contributed by atoms with van der Waals surface area (Å²) in [6.45, 7) is 3.25. The number of piperidine rings is 1. The van der Waals surface area contributed by atoms with Crippen molar-refractivity contribution in [1.82, 2.24) is 4.90 Å². The first kappa shape index (κ1) is 14.2. The van der Waals surface area contributed by atoms with Gasteiger partial charge in [-0.25, -0.2) is 4.79 Å². The maximum Gasteiger partial charge on any atom is 0.321 e. The summed E-state index contributed by atoms with van der Waals surface area (Å²) in [5.41, 5.74) is 1.78. The van der Waals surface area contributed by atoms with Gasteiger partial charge in [-0.05, 0) is 43.5 Å². The molecule has 114 valence electrons. The highest BCUT2D eigenvalue weighted by atomic mass is 16.5. The summed E-state index contributed by atoms with van der Waals surface area (Å²) in [6.07, 6.45) is 1.82. The van der Waals surface area contributed by atoms with E-state index in [2.05, 4.69) is 5.32 Å². The molecule has 2 aliphatic rings. The first-order valence-corrected chi connectivity index (χ1v) is 7.47. The molecule has 1 aliphatic carbocycles. The molecule has 2 N–H and O–H groups in total. The molecule has 0 aromatic heterocycles. The van der Waals surface area contributed by atoms with Crippen molar-refractivity contribution in [1.29, 1.82) is 0 Å². The molecule has 5 heteroatoms. The van der Waals surface area contributed by atoms with Gasteiger partial charge in [-0.2, -0.15) is 0 Å². The molecular weight excluding hydrogens is 268 g/mol. The number of nitrogens with one attached hydrogen (secondary N) is 1. The number of amides is 2. The number of aliphatic hydroxyl groups is 1. The predicted octanol–water partition coefficient (Wildman–Crippen LogP) is 2.24. The van der Waals surface area contributed by atoms with E-state index in [0.717, 1.165) is 29.8 Å². The van der Waals surface area contributed by atoms with Gasteiger partial charge >= 0.3 is 6.03 Å². The quantitative estimate of drug-likeness (QED) is 0.878. The molecule has 0 spiro atoms. The fourth-order valence-electron chi connectivity index (χ4n) is 3.46. The first-order chi connectivity index (χ1) is 10.1. The zero-order valence-corrected chi connectivity index (χ0v) is 12.5.